The number of anilines is 1. The molecule has 1 aliphatic heterocycles. The lowest BCUT2D eigenvalue weighted by Gasteiger charge is -2.33. The van der Waals surface area contributed by atoms with Gasteiger partial charge in [-0.15, -0.1) is 0 Å². The Morgan fingerprint density at radius 1 is 1.33 bits per heavy atom. The minimum absolute atomic E-state index is 0.265. The van der Waals surface area contributed by atoms with Gasteiger partial charge < -0.3 is 4.90 Å². The number of sulfonamides is 1. The molecule has 21 heavy (non-hydrogen) atoms. The van der Waals surface area contributed by atoms with Crippen LogP contribution in [0.4, 0.5) is 10.1 Å². The van der Waals surface area contributed by atoms with E-state index in [9.17, 15) is 17.6 Å². The SMILES string of the molecule is Cc1cc(F)ccc1N1CCC(C(=O)NS(C)(=O)=O)CC1. The zero-order valence-corrected chi connectivity index (χ0v) is 12.9. The van der Waals surface area contributed by atoms with E-state index in [4.69, 9.17) is 0 Å². The maximum atomic E-state index is 13.1. The van der Waals surface area contributed by atoms with Crippen LogP contribution >= 0.6 is 0 Å². The topological polar surface area (TPSA) is 66.5 Å². The van der Waals surface area contributed by atoms with E-state index in [1.54, 1.807) is 6.07 Å². The summed E-state index contributed by atoms with van der Waals surface area (Å²) in [6.07, 6.45) is 2.14. The highest BCUT2D eigenvalue weighted by Gasteiger charge is 2.27. The summed E-state index contributed by atoms with van der Waals surface area (Å²) in [5.41, 5.74) is 1.81. The molecular formula is C14H19FN2O3S. The molecule has 1 aromatic rings. The molecule has 1 fully saturated rings. The number of amides is 1. The average molecular weight is 314 g/mol. The molecule has 0 unspecified atom stereocenters. The van der Waals surface area contributed by atoms with Crippen LogP contribution in [0.1, 0.15) is 18.4 Å². The predicted octanol–water partition coefficient (Wildman–Crippen LogP) is 1.43. The van der Waals surface area contributed by atoms with E-state index < -0.39 is 15.9 Å². The summed E-state index contributed by atoms with van der Waals surface area (Å²) in [5.74, 6) is -0.997. The Morgan fingerprint density at radius 2 is 1.95 bits per heavy atom. The van der Waals surface area contributed by atoms with E-state index in [0.29, 0.717) is 25.9 Å². The molecule has 0 saturated carbocycles. The Hall–Kier alpha value is -1.63. The first-order valence-electron chi connectivity index (χ1n) is 6.79. The zero-order valence-electron chi connectivity index (χ0n) is 12.1. The minimum Gasteiger partial charge on any atom is -0.371 e. The number of carbonyl (C=O) groups excluding carboxylic acids is 1. The quantitative estimate of drug-likeness (QED) is 0.916. The highest BCUT2D eigenvalue weighted by molar-refractivity contribution is 7.89. The summed E-state index contributed by atoms with van der Waals surface area (Å²) in [6.45, 7) is 3.14. The van der Waals surface area contributed by atoms with Crippen LogP contribution in [0.5, 0.6) is 0 Å². The second kappa shape index (κ2) is 6.01. The van der Waals surface area contributed by atoms with Gasteiger partial charge >= 0.3 is 0 Å². The van der Waals surface area contributed by atoms with E-state index in [1.165, 1.54) is 12.1 Å². The number of carbonyl (C=O) groups is 1. The lowest BCUT2D eigenvalue weighted by molar-refractivity contribution is -0.123. The first-order valence-corrected chi connectivity index (χ1v) is 8.68. The van der Waals surface area contributed by atoms with Gasteiger partial charge in [0.1, 0.15) is 5.82 Å². The molecule has 2 rings (SSSR count). The van der Waals surface area contributed by atoms with Crippen molar-refractivity contribution >= 4 is 21.6 Å². The Kier molecular flexibility index (Phi) is 4.51. The number of aryl methyl sites for hydroxylation is 1. The van der Waals surface area contributed by atoms with Gasteiger partial charge in [0, 0.05) is 24.7 Å². The van der Waals surface area contributed by atoms with Crippen molar-refractivity contribution in [1.29, 1.82) is 0 Å². The van der Waals surface area contributed by atoms with Gasteiger partial charge in [-0.1, -0.05) is 0 Å². The van der Waals surface area contributed by atoms with E-state index in [2.05, 4.69) is 4.90 Å². The molecule has 5 nitrogen and oxygen atoms in total. The van der Waals surface area contributed by atoms with Gasteiger partial charge in [-0.3, -0.25) is 9.52 Å². The van der Waals surface area contributed by atoms with E-state index in [1.807, 2.05) is 11.6 Å². The molecule has 1 saturated heterocycles. The number of nitrogens with one attached hydrogen (secondary N) is 1. The molecule has 1 amide bonds. The normalized spacial score (nSPS) is 16.8. The summed E-state index contributed by atoms with van der Waals surface area (Å²) < 4.78 is 37.3. The molecule has 0 aliphatic carbocycles. The Labute approximate surface area is 124 Å². The van der Waals surface area contributed by atoms with Gasteiger partial charge in [-0.25, -0.2) is 12.8 Å². The van der Waals surface area contributed by atoms with Crippen LogP contribution in [0, 0.1) is 18.7 Å². The van der Waals surface area contributed by atoms with Crippen molar-refractivity contribution in [2.24, 2.45) is 5.92 Å². The van der Waals surface area contributed by atoms with Crippen LogP contribution in [0.3, 0.4) is 0 Å². The zero-order chi connectivity index (χ0) is 15.6. The monoisotopic (exact) mass is 314 g/mol. The standard InChI is InChI=1S/C14H19FN2O3S/c1-10-9-12(15)3-4-13(10)17-7-5-11(6-8-17)14(18)16-21(2,19)20/h3-4,9,11H,5-8H2,1-2H3,(H,16,18). The number of halogens is 1. The van der Waals surface area contributed by atoms with Crippen molar-refractivity contribution in [2.45, 2.75) is 19.8 Å². The van der Waals surface area contributed by atoms with Crippen molar-refractivity contribution in [3.05, 3.63) is 29.6 Å². The van der Waals surface area contributed by atoms with Crippen molar-refractivity contribution in [3.8, 4) is 0 Å². The summed E-state index contributed by atoms with van der Waals surface area (Å²) in [5, 5.41) is 0. The van der Waals surface area contributed by atoms with Gasteiger partial charge in [-0.05, 0) is 43.5 Å². The summed E-state index contributed by atoms with van der Waals surface area (Å²) in [4.78, 5) is 13.9. The van der Waals surface area contributed by atoms with E-state index in [-0.39, 0.29) is 11.7 Å². The average Bonchev–Trinajstić information content (AvgIpc) is 2.37. The third-order valence-electron chi connectivity index (χ3n) is 3.65. The summed E-state index contributed by atoms with van der Waals surface area (Å²) in [7, 11) is -3.50. The maximum Gasteiger partial charge on any atom is 0.236 e. The molecule has 1 N–H and O–H groups in total. The van der Waals surface area contributed by atoms with Gasteiger partial charge in [-0.2, -0.15) is 0 Å². The molecule has 0 atom stereocenters. The number of rotatable bonds is 3. The number of nitrogens with zero attached hydrogens (tertiary/aromatic N) is 1. The second-order valence-electron chi connectivity index (χ2n) is 5.43. The molecule has 1 aromatic carbocycles. The first-order chi connectivity index (χ1) is 9.76. The fourth-order valence-electron chi connectivity index (χ4n) is 2.62. The largest absolute Gasteiger partial charge is 0.371 e. The van der Waals surface area contributed by atoms with Gasteiger partial charge in [0.25, 0.3) is 0 Å². The number of benzene rings is 1. The van der Waals surface area contributed by atoms with Crippen molar-refractivity contribution in [3.63, 3.8) is 0 Å². The lowest BCUT2D eigenvalue weighted by atomic mass is 9.95. The van der Waals surface area contributed by atoms with Crippen molar-refractivity contribution < 1.29 is 17.6 Å². The van der Waals surface area contributed by atoms with Crippen molar-refractivity contribution in [2.75, 3.05) is 24.2 Å². The fourth-order valence-corrected chi connectivity index (χ4v) is 3.15. The molecule has 1 heterocycles. The Balaban J connectivity index is 1.98. The van der Waals surface area contributed by atoms with Crippen LogP contribution in [0.25, 0.3) is 0 Å². The van der Waals surface area contributed by atoms with Gasteiger partial charge in [0.2, 0.25) is 15.9 Å². The lowest BCUT2D eigenvalue weighted by Crippen LogP contribution is -2.42. The Morgan fingerprint density at radius 3 is 2.48 bits per heavy atom. The fraction of sp³-hybridized carbons (Fsp3) is 0.500. The summed E-state index contributed by atoms with van der Waals surface area (Å²) >= 11 is 0. The summed E-state index contributed by atoms with van der Waals surface area (Å²) in [6, 6.07) is 4.64. The van der Waals surface area contributed by atoms with Gasteiger partial charge in [0.15, 0.2) is 0 Å². The van der Waals surface area contributed by atoms with Gasteiger partial charge in [0.05, 0.1) is 6.26 Å². The molecule has 0 bridgehead atoms. The smallest absolute Gasteiger partial charge is 0.236 e. The number of hydrogen-bond acceptors (Lipinski definition) is 4. The molecule has 116 valence electrons. The first kappa shape index (κ1) is 15.8. The number of hydrogen-bond donors (Lipinski definition) is 1. The Bertz CT molecular complexity index is 638. The van der Waals surface area contributed by atoms with Crippen LogP contribution in [-0.4, -0.2) is 33.7 Å². The molecule has 0 spiro atoms. The van der Waals surface area contributed by atoms with E-state index in [0.717, 1.165) is 17.5 Å². The molecule has 0 radical (unpaired) electrons. The highest BCUT2D eigenvalue weighted by Crippen LogP contribution is 2.26. The third-order valence-corrected chi connectivity index (χ3v) is 4.22. The van der Waals surface area contributed by atoms with Crippen LogP contribution in [-0.2, 0) is 14.8 Å². The molecule has 1 aliphatic rings. The highest BCUT2D eigenvalue weighted by atomic mass is 32.2. The van der Waals surface area contributed by atoms with Crippen LogP contribution in [0.15, 0.2) is 18.2 Å². The van der Waals surface area contributed by atoms with Crippen LogP contribution < -0.4 is 9.62 Å². The number of piperidine rings is 1. The third kappa shape index (κ3) is 4.17. The maximum absolute atomic E-state index is 13.1. The molecular weight excluding hydrogens is 295 g/mol. The second-order valence-corrected chi connectivity index (χ2v) is 7.18. The molecule has 7 heteroatoms. The van der Waals surface area contributed by atoms with Crippen LogP contribution in [0.2, 0.25) is 0 Å². The molecule has 0 aromatic heterocycles. The minimum atomic E-state index is -3.50. The van der Waals surface area contributed by atoms with Crippen molar-refractivity contribution in [1.82, 2.24) is 4.72 Å². The predicted molar refractivity (Wildman–Crippen MR) is 79.1 cm³/mol. The van der Waals surface area contributed by atoms with E-state index >= 15 is 0 Å².